The number of benzene rings is 2. The van der Waals surface area contributed by atoms with Crippen LogP contribution in [-0.4, -0.2) is 4.21 Å². The van der Waals surface area contributed by atoms with Crippen LogP contribution >= 0.6 is 15.9 Å². The molecule has 0 amide bonds. The van der Waals surface area contributed by atoms with Crippen LogP contribution in [0.4, 0.5) is 5.69 Å². The maximum atomic E-state index is 12.3. The maximum Gasteiger partial charge on any atom is 0.0623 e. The quantitative estimate of drug-likeness (QED) is 0.876. The van der Waals surface area contributed by atoms with Crippen molar-refractivity contribution in [3.8, 4) is 0 Å². The third-order valence-corrected chi connectivity index (χ3v) is 4.59. The highest BCUT2D eigenvalue weighted by molar-refractivity contribution is 9.10. The van der Waals surface area contributed by atoms with Crippen LogP contribution in [0.15, 0.2) is 51.8 Å². The number of anilines is 1. The number of halogens is 1. The second kappa shape index (κ2) is 5.67. The fourth-order valence-corrected chi connectivity index (χ4v) is 3.21. The molecule has 2 nitrogen and oxygen atoms in total. The van der Waals surface area contributed by atoms with E-state index in [0.29, 0.717) is 11.4 Å². The van der Waals surface area contributed by atoms with Gasteiger partial charge in [-0.15, -0.1) is 0 Å². The van der Waals surface area contributed by atoms with Crippen molar-refractivity contribution in [2.45, 2.75) is 17.6 Å². The van der Waals surface area contributed by atoms with Crippen molar-refractivity contribution in [3.63, 3.8) is 0 Å². The number of aryl methyl sites for hydroxylation is 1. The minimum atomic E-state index is -1.10. The fourth-order valence-electron chi connectivity index (χ4n) is 1.65. The Kier molecular flexibility index (Phi) is 4.19. The van der Waals surface area contributed by atoms with Crippen molar-refractivity contribution < 1.29 is 4.21 Å². The minimum Gasteiger partial charge on any atom is -0.398 e. The fraction of sp³-hybridized carbons (Fsp3) is 0.143. The summed E-state index contributed by atoms with van der Waals surface area (Å²) in [5, 5.41) is 0. The first-order valence-corrected chi connectivity index (χ1v) is 7.66. The molecule has 0 saturated heterocycles. The molecular formula is C14H14BrNOS. The molecule has 1 atom stereocenters. The van der Waals surface area contributed by atoms with Crippen LogP contribution in [0.25, 0.3) is 0 Å². The van der Waals surface area contributed by atoms with E-state index in [1.807, 2.05) is 49.4 Å². The highest BCUT2D eigenvalue weighted by Gasteiger charge is 2.09. The van der Waals surface area contributed by atoms with Gasteiger partial charge in [-0.3, -0.25) is 4.21 Å². The molecule has 0 spiro atoms. The van der Waals surface area contributed by atoms with E-state index in [0.717, 1.165) is 20.5 Å². The lowest BCUT2D eigenvalue weighted by atomic mass is 10.2. The van der Waals surface area contributed by atoms with Crippen molar-refractivity contribution in [1.82, 2.24) is 0 Å². The number of rotatable bonds is 3. The van der Waals surface area contributed by atoms with E-state index in [4.69, 9.17) is 5.73 Å². The molecule has 0 saturated carbocycles. The third-order valence-electron chi connectivity index (χ3n) is 2.63. The average molecular weight is 324 g/mol. The van der Waals surface area contributed by atoms with Crippen molar-refractivity contribution >= 4 is 32.4 Å². The van der Waals surface area contributed by atoms with Gasteiger partial charge < -0.3 is 5.73 Å². The zero-order valence-corrected chi connectivity index (χ0v) is 12.4. The van der Waals surface area contributed by atoms with Gasteiger partial charge in [0.15, 0.2) is 0 Å². The molecule has 0 aliphatic rings. The maximum absolute atomic E-state index is 12.3. The molecule has 0 aliphatic heterocycles. The van der Waals surface area contributed by atoms with Gasteiger partial charge in [0.1, 0.15) is 0 Å². The van der Waals surface area contributed by atoms with Gasteiger partial charge >= 0.3 is 0 Å². The van der Waals surface area contributed by atoms with Gasteiger partial charge in [0.2, 0.25) is 0 Å². The Bertz CT molecular complexity index is 581. The van der Waals surface area contributed by atoms with Crippen LogP contribution < -0.4 is 5.73 Å². The molecule has 18 heavy (non-hydrogen) atoms. The van der Waals surface area contributed by atoms with Crippen molar-refractivity contribution in [3.05, 3.63) is 58.1 Å². The van der Waals surface area contributed by atoms with Crippen LogP contribution in [0.1, 0.15) is 11.1 Å². The zero-order valence-electron chi connectivity index (χ0n) is 10.0. The summed E-state index contributed by atoms with van der Waals surface area (Å²) in [7, 11) is -1.10. The molecule has 0 radical (unpaired) electrons. The largest absolute Gasteiger partial charge is 0.398 e. The van der Waals surface area contributed by atoms with Crippen LogP contribution in [0.5, 0.6) is 0 Å². The van der Waals surface area contributed by atoms with Gasteiger partial charge in [-0.25, -0.2) is 0 Å². The first-order valence-electron chi connectivity index (χ1n) is 5.55. The smallest absolute Gasteiger partial charge is 0.0623 e. The number of nitrogens with two attached hydrogens (primary N) is 1. The minimum absolute atomic E-state index is 0.487. The second-order valence-electron chi connectivity index (χ2n) is 4.16. The Morgan fingerprint density at radius 2 is 1.83 bits per heavy atom. The van der Waals surface area contributed by atoms with Gasteiger partial charge in [-0.1, -0.05) is 34.1 Å². The van der Waals surface area contributed by atoms with Gasteiger partial charge in [-0.2, -0.15) is 0 Å². The number of hydrogen-bond donors (Lipinski definition) is 1. The first kappa shape index (κ1) is 13.3. The lowest BCUT2D eigenvalue weighted by Gasteiger charge is -2.07. The first-order chi connectivity index (χ1) is 8.56. The number of nitrogen functional groups attached to an aromatic ring is 1. The molecule has 0 aliphatic carbocycles. The average Bonchev–Trinajstić information content (AvgIpc) is 2.35. The molecule has 4 heteroatoms. The molecule has 2 aromatic carbocycles. The molecule has 0 bridgehead atoms. The summed E-state index contributed by atoms with van der Waals surface area (Å²) < 4.78 is 13.3. The van der Waals surface area contributed by atoms with Crippen molar-refractivity contribution in [2.24, 2.45) is 0 Å². The molecule has 0 aromatic heterocycles. The summed E-state index contributed by atoms with van der Waals surface area (Å²) >= 11 is 3.38. The Morgan fingerprint density at radius 3 is 2.50 bits per heavy atom. The predicted molar refractivity (Wildman–Crippen MR) is 79.8 cm³/mol. The molecule has 2 N–H and O–H groups in total. The van der Waals surface area contributed by atoms with E-state index in [2.05, 4.69) is 15.9 Å². The van der Waals surface area contributed by atoms with E-state index >= 15 is 0 Å². The van der Waals surface area contributed by atoms with Crippen LogP contribution in [0.2, 0.25) is 0 Å². The Hall–Kier alpha value is -1.13. The molecule has 94 valence electrons. The van der Waals surface area contributed by atoms with Crippen LogP contribution in [-0.2, 0) is 16.6 Å². The van der Waals surface area contributed by atoms with Crippen LogP contribution in [0, 0.1) is 6.92 Å². The Morgan fingerprint density at radius 1 is 1.17 bits per heavy atom. The molecule has 1 unspecified atom stereocenters. The van der Waals surface area contributed by atoms with Gasteiger partial charge in [0.05, 0.1) is 21.4 Å². The summed E-state index contributed by atoms with van der Waals surface area (Å²) in [4.78, 5) is 0.720. The van der Waals surface area contributed by atoms with E-state index in [9.17, 15) is 4.21 Å². The Balaban J connectivity index is 2.21. The molecule has 0 heterocycles. The Labute approximate surface area is 118 Å². The summed E-state index contributed by atoms with van der Waals surface area (Å²) in [5.41, 5.74) is 8.57. The third kappa shape index (κ3) is 3.21. The molecule has 2 aromatic rings. The predicted octanol–water partition coefficient (Wildman–Crippen LogP) is 3.65. The normalized spacial score (nSPS) is 12.3. The lowest BCUT2D eigenvalue weighted by Crippen LogP contribution is -2.01. The molecule has 0 fully saturated rings. The summed E-state index contributed by atoms with van der Waals surface area (Å²) in [6, 6.07) is 13.5. The van der Waals surface area contributed by atoms with Crippen molar-refractivity contribution in [2.75, 3.05) is 5.73 Å². The van der Waals surface area contributed by atoms with E-state index in [-0.39, 0.29) is 0 Å². The zero-order chi connectivity index (χ0) is 13.1. The topological polar surface area (TPSA) is 43.1 Å². The standard InChI is InChI=1S/C14H14BrNOS/c1-10-2-7-13(16)14(8-10)18(17)9-11-3-5-12(15)6-4-11/h2-8H,9,16H2,1H3. The second-order valence-corrected chi connectivity index (χ2v) is 6.49. The van der Waals surface area contributed by atoms with Gasteiger partial charge in [0, 0.05) is 10.2 Å². The van der Waals surface area contributed by atoms with Gasteiger partial charge in [0.25, 0.3) is 0 Å². The van der Waals surface area contributed by atoms with Gasteiger partial charge in [-0.05, 0) is 42.3 Å². The van der Waals surface area contributed by atoms with E-state index < -0.39 is 10.8 Å². The summed E-state index contributed by atoms with van der Waals surface area (Å²) in [6.07, 6.45) is 0. The summed E-state index contributed by atoms with van der Waals surface area (Å²) in [5.74, 6) is 0.487. The highest BCUT2D eigenvalue weighted by atomic mass is 79.9. The highest BCUT2D eigenvalue weighted by Crippen LogP contribution is 2.21. The molecular weight excluding hydrogens is 310 g/mol. The SMILES string of the molecule is Cc1ccc(N)c(S(=O)Cc2ccc(Br)cc2)c1. The van der Waals surface area contributed by atoms with Crippen molar-refractivity contribution in [1.29, 1.82) is 0 Å². The lowest BCUT2D eigenvalue weighted by molar-refractivity contribution is 0.683. The van der Waals surface area contributed by atoms with E-state index in [1.165, 1.54) is 0 Å². The van der Waals surface area contributed by atoms with E-state index in [1.54, 1.807) is 0 Å². The summed E-state index contributed by atoms with van der Waals surface area (Å²) in [6.45, 7) is 1.97. The van der Waals surface area contributed by atoms with Crippen LogP contribution in [0.3, 0.4) is 0 Å². The molecule has 2 rings (SSSR count). The number of hydrogen-bond acceptors (Lipinski definition) is 2. The monoisotopic (exact) mass is 323 g/mol.